The van der Waals surface area contributed by atoms with Gasteiger partial charge in [-0.1, -0.05) is 0 Å². The van der Waals surface area contributed by atoms with Crippen LogP contribution in [0.4, 0.5) is 5.69 Å². The Morgan fingerprint density at radius 3 is 2.62 bits per heavy atom. The lowest BCUT2D eigenvalue weighted by Gasteiger charge is -2.28. The first-order valence-electron chi connectivity index (χ1n) is 7.78. The number of furan rings is 1. The topological polar surface area (TPSA) is 85.8 Å². The summed E-state index contributed by atoms with van der Waals surface area (Å²) in [5.74, 6) is 1.04. The Hall–Kier alpha value is -2.83. The molecule has 0 aliphatic heterocycles. The molecule has 1 aromatic heterocycles. The Labute approximate surface area is 139 Å². The van der Waals surface area contributed by atoms with Crippen molar-refractivity contribution in [3.05, 3.63) is 58.5 Å². The molecule has 0 saturated heterocycles. The molecule has 1 amide bonds. The SMILES string of the molecule is CC(c1ccco1)N(C(=O)COc1ccc([N+](=O)[O-])cc1)C1CC1. The van der Waals surface area contributed by atoms with E-state index in [0.29, 0.717) is 5.75 Å². The van der Waals surface area contributed by atoms with E-state index in [4.69, 9.17) is 9.15 Å². The molecule has 0 spiro atoms. The molecule has 1 saturated carbocycles. The van der Waals surface area contributed by atoms with Crippen molar-refractivity contribution in [2.45, 2.75) is 31.8 Å². The summed E-state index contributed by atoms with van der Waals surface area (Å²) in [5.41, 5.74) is -0.0141. The van der Waals surface area contributed by atoms with Gasteiger partial charge in [-0.3, -0.25) is 14.9 Å². The van der Waals surface area contributed by atoms with E-state index in [1.165, 1.54) is 24.3 Å². The van der Waals surface area contributed by atoms with Gasteiger partial charge in [0.05, 0.1) is 17.2 Å². The van der Waals surface area contributed by atoms with Gasteiger partial charge in [0.2, 0.25) is 0 Å². The second-order valence-corrected chi connectivity index (χ2v) is 5.76. The zero-order valence-electron chi connectivity index (χ0n) is 13.3. The third kappa shape index (κ3) is 3.56. The highest BCUT2D eigenvalue weighted by Crippen LogP contribution is 2.34. The van der Waals surface area contributed by atoms with Gasteiger partial charge in [-0.2, -0.15) is 0 Å². The first-order valence-corrected chi connectivity index (χ1v) is 7.78. The molecule has 1 aliphatic rings. The highest BCUT2D eigenvalue weighted by molar-refractivity contribution is 5.79. The van der Waals surface area contributed by atoms with Crippen molar-refractivity contribution in [1.29, 1.82) is 0 Å². The maximum absolute atomic E-state index is 12.6. The fraction of sp³-hybridized carbons (Fsp3) is 0.353. The number of hydrogen-bond donors (Lipinski definition) is 0. The largest absolute Gasteiger partial charge is 0.484 e. The molecular weight excluding hydrogens is 312 g/mol. The average molecular weight is 330 g/mol. The fourth-order valence-corrected chi connectivity index (χ4v) is 2.64. The fourth-order valence-electron chi connectivity index (χ4n) is 2.64. The molecule has 0 radical (unpaired) electrons. The van der Waals surface area contributed by atoms with E-state index in [-0.39, 0.29) is 30.3 Å². The first-order chi connectivity index (χ1) is 11.6. The van der Waals surface area contributed by atoms with Crippen molar-refractivity contribution in [2.24, 2.45) is 0 Å². The molecule has 1 aromatic carbocycles. The summed E-state index contributed by atoms with van der Waals surface area (Å²) in [7, 11) is 0. The number of rotatable bonds is 7. The van der Waals surface area contributed by atoms with Gasteiger partial charge < -0.3 is 14.1 Å². The molecule has 2 aromatic rings. The second kappa shape index (κ2) is 6.74. The van der Waals surface area contributed by atoms with Gasteiger partial charge in [-0.25, -0.2) is 0 Å². The van der Waals surface area contributed by atoms with E-state index in [9.17, 15) is 14.9 Å². The number of nitrogens with zero attached hydrogens (tertiary/aromatic N) is 2. The normalized spacial score (nSPS) is 14.9. The molecule has 1 fully saturated rings. The summed E-state index contributed by atoms with van der Waals surface area (Å²) in [5, 5.41) is 10.6. The standard InChI is InChI=1S/C17H18N2O5/c1-12(16-3-2-10-23-16)18(13-4-5-13)17(20)11-24-15-8-6-14(7-9-15)19(21)22/h2-3,6-10,12-13H,4-5,11H2,1H3. The minimum Gasteiger partial charge on any atom is -0.484 e. The number of benzene rings is 1. The highest BCUT2D eigenvalue weighted by Gasteiger charge is 2.37. The Kier molecular flexibility index (Phi) is 4.50. The number of amides is 1. The van der Waals surface area contributed by atoms with Crippen LogP contribution in [-0.2, 0) is 4.79 Å². The summed E-state index contributed by atoms with van der Waals surface area (Å²) >= 11 is 0. The monoisotopic (exact) mass is 330 g/mol. The summed E-state index contributed by atoms with van der Waals surface area (Å²) in [6, 6.07) is 9.40. The molecule has 1 heterocycles. The van der Waals surface area contributed by atoms with E-state index in [1.807, 2.05) is 13.0 Å². The second-order valence-electron chi connectivity index (χ2n) is 5.76. The third-order valence-corrected chi connectivity index (χ3v) is 4.01. The van der Waals surface area contributed by atoms with Crippen molar-refractivity contribution in [1.82, 2.24) is 4.90 Å². The summed E-state index contributed by atoms with van der Waals surface area (Å²) < 4.78 is 10.9. The van der Waals surface area contributed by atoms with Crippen molar-refractivity contribution in [3.8, 4) is 5.75 Å². The van der Waals surface area contributed by atoms with Crippen LogP contribution >= 0.6 is 0 Å². The molecule has 1 atom stereocenters. The van der Waals surface area contributed by atoms with Gasteiger partial charge in [0.15, 0.2) is 6.61 Å². The van der Waals surface area contributed by atoms with Crippen LogP contribution in [0, 0.1) is 10.1 Å². The summed E-state index contributed by atoms with van der Waals surface area (Å²) in [4.78, 5) is 24.5. The minimum atomic E-state index is -0.477. The molecular formula is C17H18N2O5. The number of non-ortho nitro benzene ring substituents is 1. The zero-order chi connectivity index (χ0) is 17.1. The van der Waals surface area contributed by atoms with Crippen LogP contribution in [0.3, 0.4) is 0 Å². The molecule has 1 unspecified atom stereocenters. The molecule has 1 aliphatic carbocycles. The number of nitro benzene ring substituents is 1. The van der Waals surface area contributed by atoms with Crippen molar-refractivity contribution in [3.63, 3.8) is 0 Å². The zero-order valence-corrected chi connectivity index (χ0v) is 13.3. The van der Waals surface area contributed by atoms with Crippen LogP contribution in [0.15, 0.2) is 47.1 Å². The first kappa shape index (κ1) is 16.0. The van der Waals surface area contributed by atoms with E-state index in [1.54, 1.807) is 17.2 Å². The smallest absolute Gasteiger partial charge is 0.269 e. The number of ether oxygens (including phenoxy) is 1. The van der Waals surface area contributed by atoms with Crippen LogP contribution in [-0.4, -0.2) is 28.4 Å². The maximum Gasteiger partial charge on any atom is 0.269 e. The van der Waals surface area contributed by atoms with Crippen LogP contribution in [0.2, 0.25) is 0 Å². The lowest BCUT2D eigenvalue weighted by molar-refractivity contribution is -0.384. The quantitative estimate of drug-likeness (QED) is 0.574. The lowest BCUT2D eigenvalue weighted by atomic mass is 10.2. The molecule has 126 valence electrons. The Morgan fingerprint density at radius 1 is 1.38 bits per heavy atom. The molecule has 7 heteroatoms. The maximum atomic E-state index is 12.6. The van der Waals surface area contributed by atoms with E-state index < -0.39 is 4.92 Å². The number of hydrogen-bond acceptors (Lipinski definition) is 5. The Bertz CT molecular complexity index is 707. The van der Waals surface area contributed by atoms with Crippen LogP contribution in [0.1, 0.15) is 31.6 Å². The Balaban J connectivity index is 1.63. The summed E-state index contributed by atoms with van der Waals surface area (Å²) in [6.45, 7) is 1.82. The van der Waals surface area contributed by atoms with Crippen LogP contribution in [0.25, 0.3) is 0 Å². The van der Waals surface area contributed by atoms with Gasteiger partial charge in [-0.05, 0) is 44.0 Å². The predicted octanol–water partition coefficient (Wildman–Crippen LogP) is 3.32. The van der Waals surface area contributed by atoms with Gasteiger partial charge in [0.25, 0.3) is 11.6 Å². The van der Waals surface area contributed by atoms with Crippen molar-refractivity contribution in [2.75, 3.05) is 6.61 Å². The molecule has 7 nitrogen and oxygen atoms in total. The van der Waals surface area contributed by atoms with E-state index in [2.05, 4.69) is 0 Å². The molecule has 0 N–H and O–H groups in total. The predicted molar refractivity (Wildman–Crippen MR) is 85.6 cm³/mol. The van der Waals surface area contributed by atoms with Crippen molar-refractivity contribution >= 4 is 11.6 Å². The average Bonchev–Trinajstić information content (AvgIpc) is 3.25. The van der Waals surface area contributed by atoms with Gasteiger partial charge in [-0.15, -0.1) is 0 Å². The summed E-state index contributed by atoms with van der Waals surface area (Å²) in [6.07, 6.45) is 3.55. The molecule has 0 bridgehead atoms. The Morgan fingerprint density at radius 2 is 2.08 bits per heavy atom. The number of nitro groups is 1. The van der Waals surface area contributed by atoms with E-state index >= 15 is 0 Å². The lowest BCUT2D eigenvalue weighted by Crippen LogP contribution is -2.38. The van der Waals surface area contributed by atoms with Gasteiger partial charge in [0, 0.05) is 18.2 Å². The number of carbonyl (C=O) groups excluding carboxylic acids is 1. The van der Waals surface area contributed by atoms with Gasteiger partial charge >= 0.3 is 0 Å². The third-order valence-electron chi connectivity index (χ3n) is 4.01. The molecule has 3 rings (SSSR count). The van der Waals surface area contributed by atoms with Crippen LogP contribution < -0.4 is 4.74 Å². The van der Waals surface area contributed by atoms with E-state index in [0.717, 1.165) is 18.6 Å². The van der Waals surface area contributed by atoms with Gasteiger partial charge in [0.1, 0.15) is 11.5 Å². The number of carbonyl (C=O) groups is 1. The highest BCUT2D eigenvalue weighted by atomic mass is 16.6. The van der Waals surface area contributed by atoms with Crippen molar-refractivity contribution < 1.29 is 18.9 Å². The molecule has 24 heavy (non-hydrogen) atoms. The minimum absolute atomic E-state index is 0.0141. The van der Waals surface area contributed by atoms with Crippen LogP contribution in [0.5, 0.6) is 5.75 Å².